The molecule has 2 aromatic rings. The summed E-state index contributed by atoms with van der Waals surface area (Å²) in [4.78, 5) is 29.2. The smallest absolute Gasteiger partial charge is 0.261 e. The second-order valence-electron chi connectivity index (χ2n) is 6.70. The molecule has 0 spiro atoms. The summed E-state index contributed by atoms with van der Waals surface area (Å²) in [6.45, 7) is 2.48. The lowest BCUT2D eigenvalue weighted by molar-refractivity contribution is -0.120. The van der Waals surface area contributed by atoms with Gasteiger partial charge in [0.25, 0.3) is 5.91 Å². The maximum Gasteiger partial charge on any atom is 0.261 e. The number of nitrogen functional groups attached to an aromatic ring is 1. The summed E-state index contributed by atoms with van der Waals surface area (Å²) in [6.07, 6.45) is 1.56. The van der Waals surface area contributed by atoms with Gasteiger partial charge in [-0.1, -0.05) is 18.2 Å². The first-order chi connectivity index (χ1) is 13.3. The Bertz CT molecular complexity index is 858. The third kappa shape index (κ3) is 5.44. The largest absolute Gasteiger partial charge is 0.497 e. The van der Waals surface area contributed by atoms with Crippen LogP contribution in [0.4, 0.5) is 11.4 Å². The highest BCUT2D eigenvalue weighted by Crippen LogP contribution is 2.23. The fourth-order valence-corrected chi connectivity index (χ4v) is 2.67. The molecule has 0 aliphatic heterocycles. The molecule has 0 fully saturated rings. The maximum atomic E-state index is 13.3. The predicted octanol–water partition coefficient (Wildman–Crippen LogP) is 2.84. The molecule has 0 heterocycles. The van der Waals surface area contributed by atoms with E-state index in [4.69, 9.17) is 10.5 Å². The van der Waals surface area contributed by atoms with Gasteiger partial charge in [0, 0.05) is 24.5 Å². The minimum atomic E-state index is -0.359. The summed E-state index contributed by atoms with van der Waals surface area (Å²) in [5.41, 5.74) is 7.93. The number of hydrogen-bond donors (Lipinski definition) is 1. The normalized spacial score (nSPS) is 11.4. The Labute approximate surface area is 166 Å². The average Bonchev–Trinajstić information content (AvgIpc) is 2.67. The Morgan fingerprint density at radius 2 is 1.68 bits per heavy atom. The molecule has 1 amide bonds. The molecule has 28 heavy (non-hydrogen) atoms. The second kappa shape index (κ2) is 9.71. The van der Waals surface area contributed by atoms with E-state index in [1.54, 1.807) is 54.5 Å². The number of rotatable bonds is 8. The summed E-state index contributed by atoms with van der Waals surface area (Å²) in [7, 11) is 5.46. The number of ketones is 1. The van der Waals surface area contributed by atoms with Crippen molar-refractivity contribution in [3.05, 3.63) is 59.7 Å². The lowest BCUT2D eigenvalue weighted by atomic mass is 10.0. The van der Waals surface area contributed by atoms with E-state index in [0.29, 0.717) is 35.8 Å². The van der Waals surface area contributed by atoms with Gasteiger partial charge in [-0.05, 0) is 63.0 Å². The number of para-hydroxylation sites is 1. The van der Waals surface area contributed by atoms with E-state index in [0.717, 1.165) is 0 Å². The van der Waals surface area contributed by atoms with Crippen LogP contribution in [0.2, 0.25) is 0 Å². The molecular weight excluding hydrogens is 354 g/mol. The van der Waals surface area contributed by atoms with Crippen molar-refractivity contribution in [2.45, 2.75) is 6.92 Å². The summed E-state index contributed by atoms with van der Waals surface area (Å²) >= 11 is 0. The van der Waals surface area contributed by atoms with Crippen LogP contribution in [-0.4, -0.2) is 50.9 Å². The molecule has 0 aromatic heterocycles. The lowest BCUT2D eigenvalue weighted by Gasteiger charge is -2.25. The molecule has 148 valence electrons. The van der Waals surface area contributed by atoms with Crippen LogP contribution in [0.15, 0.2) is 54.1 Å². The molecule has 6 heteroatoms. The van der Waals surface area contributed by atoms with E-state index in [9.17, 15) is 9.59 Å². The first-order valence-electron chi connectivity index (χ1n) is 9.01. The highest BCUT2D eigenvalue weighted by molar-refractivity contribution is 6.26. The monoisotopic (exact) mass is 381 g/mol. The molecular formula is C22H27N3O3. The number of Topliss-reactive ketones (excluding diaryl/α,β-unsaturated/α-hetero) is 1. The summed E-state index contributed by atoms with van der Waals surface area (Å²) in [5.74, 6) is 0.0301. The van der Waals surface area contributed by atoms with Crippen LogP contribution in [0.25, 0.3) is 6.08 Å². The number of ether oxygens (including phenoxy) is 1. The molecule has 0 aliphatic carbocycles. The van der Waals surface area contributed by atoms with Crippen molar-refractivity contribution in [1.82, 2.24) is 4.90 Å². The molecule has 0 unspecified atom stereocenters. The van der Waals surface area contributed by atoms with Gasteiger partial charge in [-0.2, -0.15) is 0 Å². The Morgan fingerprint density at radius 3 is 2.21 bits per heavy atom. The first kappa shape index (κ1) is 21.2. The molecule has 2 N–H and O–H groups in total. The van der Waals surface area contributed by atoms with E-state index in [1.165, 1.54) is 6.92 Å². The van der Waals surface area contributed by atoms with Crippen LogP contribution in [0.5, 0.6) is 5.75 Å². The van der Waals surface area contributed by atoms with Crippen molar-refractivity contribution in [3.8, 4) is 5.75 Å². The van der Waals surface area contributed by atoms with Crippen molar-refractivity contribution in [2.24, 2.45) is 0 Å². The number of benzene rings is 2. The fraction of sp³-hybridized carbons (Fsp3) is 0.273. The van der Waals surface area contributed by atoms with Gasteiger partial charge in [0.15, 0.2) is 5.78 Å². The van der Waals surface area contributed by atoms with Crippen molar-refractivity contribution < 1.29 is 14.3 Å². The van der Waals surface area contributed by atoms with Crippen LogP contribution in [0.1, 0.15) is 12.5 Å². The standard InChI is InChI=1S/C22H27N3O3/c1-16(26)20(15-17-7-5-6-8-21(17)23)22(27)25(14-13-24(2)3)18-9-11-19(28-4)12-10-18/h5-12,15H,13-14,23H2,1-4H3. The zero-order chi connectivity index (χ0) is 20.7. The van der Waals surface area contributed by atoms with E-state index >= 15 is 0 Å². The summed E-state index contributed by atoms with van der Waals surface area (Å²) in [6, 6.07) is 14.3. The average molecular weight is 381 g/mol. The predicted molar refractivity (Wildman–Crippen MR) is 113 cm³/mol. The summed E-state index contributed by atoms with van der Waals surface area (Å²) in [5, 5.41) is 0. The van der Waals surface area contributed by atoms with E-state index in [1.807, 2.05) is 31.1 Å². The highest BCUT2D eigenvalue weighted by Gasteiger charge is 2.23. The number of nitrogens with two attached hydrogens (primary N) is 1. The Morgan fingerprint density at radius 1 is 1.04 bits per heavy atom. The van der Waals surface area contributed by atoms with Gasteiger partial charge < -0.3 is 20.3 Å². The van der Waals surface area contributed by atoms with Crippen LogP contribution >= 0.6 is 0 Å². The maximum absolute atomic E-state index is 13.3. The molecule has 0 radical (unpaired) electrons. The molecule has 0 saturated heterocycles. The van der Waals surface area contributed by atoms with Crippen LogP contribution < -0.4 is 15.4 Å². The van der Waals surface area contributed by atoms with Crippen LogP contribution in [-0.2, 0) is 9.59 Å². The summed E-state index contributed by atoms with van der Waals surface area (Å²) < 4.78 is 5.19. The number of anilines is 2. The van der Waals surface area contributed by atoms with Crippen LogP contribution in [0, 0.1) is 0 Å². The number of amides is 1. The van der Waals surface area contributed by atoms with Crippen molar-refractivity contribution in [2.75, 3.05) is 44.9 Å². The van der Waals surface area contributed by atoms with Gasteiger partial charge in [-0.25, -0.2) is 0 Å². The lowest BCUT2D eigenvalue weighted by Crippen LogP contribution is -2.38. The minimum Gasteiger partial charge on any atom is -0.497 e. The molecule has 2 aromatic carbocycles. The number of methoxy groups -OCH3 is 1. The number of likely N-dealkylation sites (N-methyl/N-ethyl adjacent to an activating group) is 1. The van der Waals surface area contributed by atoms with Gasteiger partial charge in [0.1, 0.15) is 5.75 Å². The van der Waals surface area contributed by atoms with Crippen molar-refractivity contribution in [1.29, 1.82) is 0 Å². The third-order valence-corrected chi connectivity index (χ3v) is 4.31. The number of nitrogens with zero attached hydrogens (tertiary/aromatic N) is 2. The Hall–Kier alpha value is -3.12. The number of hydrogen-bond acceptors (Lipinski definition) is 5. The Balaban J connectivity index is 2.44. The quantitative estimate of drug-likeness (QED) is 0.329. The molecule has 0 bridgehead atoms. The van der Waals surface area contributed by atoms with E-state index < -0.39 is 0 Å². The first-order valence-corrected chi connectivity index (χ1v) is 9.01. The molecule has 0 atom stereocenters. The highest BCUT2D eigenvalue weighted by atomic mass is 16.5. The molecule has 0 aliphatic rings. The number of carbonyl (C=O) groups is 2. The zero-order valence-corrected chi connectivity index (χ0v) is 16.8. The molecule has 6 nitrogen and oxygen atoms in total. The van der Waals surface area contributed by atoms with E-state index in [2.05, 4.69) is 0 Å². The Kier molecular flexibility index (Phi) is 7.35. The van der Waals surface area contributed by atoms with Crippen molar-refractivity contribution in [3.63, 3.8) is 0 Å². The SMILES string of the molecule is COc1ccc(N(CCN(C)C)C(=O)C(=Cc2ccccc2N)C(C)=O)cc1. The van der Waals surface area contributed by atoms with Gasteiger partial charge in [0.05, 0.1) is 12.7 Å². The van der Waals surface area contributed by atoms with Crippen LogP contribution in [0.3, 0.4) is 0 Å². The zero-order valence-electron chi connectivity index (χ0n) is 16.8. The minimum absolute atomic E-state index is 0.0903. The van der Waals surface area contributed by atoms with Crippen molar-refractivity contribution >= 4 is 29.1 Å². The van der Waals surface area contributed by atoms with E-state index in [-0.39, 0.29) is 17.3 Å². The fourth-order valence-electron chi connectivity index (χ4n) is 2.67. The van der Waals surface area contributed by atoms with Gasteiger partial charge in [-0.3, -0.25) is 9.59 Å². The number of carbonyl (C=O) groups excluding carboxylic acids is 2. The molecule has 2 rings (SSSR count). The second-order valence-corrected chi connectivity index (χ2v) is 6.70. The van der Waals surface area contributed by atoms with Gasteiger partial charge in [0.2, 0.25) is 0 Å². The van der Waals surface area contributed by atoms with Gasteiger partial charge >= 0.3 is 0 Å². The third-order valence-electron chi connectivity index (χ3n) is 4.31. The molecule has 0 saturated carbocycles. The topological polar surface area (TPSA) is 75.9 Å². The van der Waals surface area contributed by atoms with Gasteiger partial charge in [-0.15, -0.1) is 0 Å².